The monoisotopic (exact) mass is 154 g/mol. The maximum Gasteiger partial charge on any atom is 0.125 e. The Hall–Kier alpha value is -0.850. The molecule has 0 aliphatic carbocycles. The summed E-state index contributed by atoms with van der Waals surface area (Å²) in [5.74, 6) is -0.204. The average Bonchev–Trinajstić information content (AvgIpc) is 2.03. The third kappa shape index (κ3) is 3.76. The van der Waals surface area contributed by atoms with Crippen molar-refractivity contribution < 1.29 is 4.39 Å². The van der Waals surface area contributed by atoms with Crippen LogP contribution in [0.25, 0.3) is 0 Å². The van der Waals surface area contributed by atoms with Gasteiger partial charge in [0.2, 0.25) is 0 Å². The van der Waals surface area contributed by atoms with Crippen LogP contribution in [0.3, 0.4) is 0 Å². The van der Waals surface area contributed by atoms with Crippen molar-refractivity contribution in [2.24, 2.45) is 0 Å². The Morgan fingerprint density at radius 3 is 2.55 bits per heavy atom. The highest BCUT2D eigenvalue weighted by atomic mass is 19.1. The van der Waals surface area contributed by atoms with E-state index in [1.54, 1.807) is 6.08 Å². The van der Waals surface area contributed by atoms with Gasteiger partial charge in [0, 0.05) is 0 Å². The first kappa shape index (κ1) is 10.2. The summed E-state index contributed by atoms with van der Waals surface area (Å²) in [6.07, 6.45) is 6.63. The molecule has 0 bridgehead atoms. The molecule has 0 N–H and O–H groups in total. The standard InChI is InChI=1S/C10H15F/c1-4-7-9(8-5-2)10(11)6-3/h4,6-7H,3,5,8H2,1-2H3/b7-4-,10-9-. The summed E-state index contributed by atoms with van der Waals surface area (Å²) in [4.78, 5) is 0. The third-order valence-corrected chi connectivity index (χ3v) is 1.37. The second-order valence-electron chi connectivity index (χ2n) is 2.33. The van der Waals surface area contributed by atoms with Crippen LogP contribution in [0.1, 0.15) is 26.7 Å². The van der Waals surface area contributed by atoms with Crippen LogP contribution in [0, 0.1) is 0 Å². The van der Waals surface area contributed by atoms with Gasteiger partial charge in [-0.25, -0.2) is 4.39 Å². The second kappa shape index (κ2) is 5.90. The maximum absolute atomic E-state index is 12.9. The molecular formula is C10H15F. The fraction of sp³-hybridized carbons (Fsp3) is 0.400. The van der Waals surface area contributed by atoms with Crippen molar-refractivity contribution in [2.75, 3.05) is 0 Å². The Labute approximate surface area is 68.1 Å². The topological polar surface area (TPSA) is 0 Å². The van der Waals surface area contributed by atoms with Crippen molar-refractivity contribution >= 4 is 0 Å². The van der Waals surface area contributed by atoms with Gasteiger partial charge in [0.05, 0.1) is 0 Å². The molecule has 0 aliphatic rings. The molecule has 0 unspecified atom stereocenters. The normalized spacial score (nSPS) is 13.4. The molecule has 11 heavy (non-hydrogen) atoms. The number of rotatable bonds is 4. The lowest BCUT2D eigenvalue weighted by Gasteiger charge is -1.98. The lowest BCUT2D eigenvalue weighted by atomic mass is 10.1. The molecule has 0 nitrogen and oxygen atoms in total. The molecule has 0 aromatic heterocycles. The van der Waals surface area contributed by atoms with Crippen LogP contribution in [0.15, 0.2) is 36.2 Å². The van der Waals surface area contributed by atoms with E-state index in [1.165, 1.54) is 6.08 Å². The Morgan fingerprint density at radius 2 is 2.18 bits per heavy atom. The van der Waals surface area contributed by atoms with Crippen molar-refractivity contribution in [2.45, 2.75) is 26.7 Å². The zero-order valence-electron chi connectivity index (χ0n) is 7.23. The fourth-order valence-electron chi connectivity index (χ4n) is 0.884. The van der Waals surface area contributed by atoms with E-state index in [4.69, 9.17) is 0 Å². The van der Waals surface area contributed by atoms with Crippen molar-refractivity contribution in [3.63, 3.8) is 0 Å². The molecule has 62 valence electrons. The van der Waals surface area contributed by atoms with E-state index in [2.05, 4.69) is 6.58 Å². The van der Waals surface area contributed by atoms with Gasteiger partial charge in [-0.3, -0.25) is 0 Å². The molecule has 0 aliphatic heterocycles. The van der Waals surface area contributed by atoms with Gasteiger partial charge in [0.25, 0.3) is 0 Å². The van der Waals surface area contributed by atoms with Crippen molar-refractivity contribution in [3.05, 3.63) is 36.2 Å². The predicted molar refractivity (Wildman–Crippen MR) is 48.1 cm³/mol. The molecule has 0 fully saturated rings. The van der Waals surface area contributed by atoms with Gasteiger partial charge < -0.3 is 0 Å². The summed E-state index contributed by atoms with van der Waals surface area (Å²) in [6.45, 7) is 7.29. The SMILES string of the molecule is C=C/C(F)=C(\C=C/C)CCC. The summed E-state index contributed by atoms with van der Waals surface area (Å²) < 4.78 is 12.9. The molecular weight excluding hydrogens is 139 g/mol. The van der Waals surface area contributed by atoms with Gasteiger partial charge in [-0.2, -0.15) is 0 Å². The minimum absolute atomic E-state index is 0.204. The van der Waals surface area contributed by atoms with Gasteiger partial charge >= 0.3 is 0 Å². The van der Waals surface area contributed by atoms with E-state index in [0.717, 1.165) is 18.4 Å². The molecule has 0 rings (SSSR count). The Balaban J connectivity index is 4.42. The van der Waals surface area contributed by atoms with Crippen LogP contribution < -0.4 is 0 Å². The highest BCUT2D eigenvalue weighted by Crippen LogP contribution is 2.14. The van der Waals surface area contributed by atoms with Gasteiger partial charge in [-0.15, -0.1) is 0 Å². The number of halogens is 1. The lowest BCUT2D eigenvalue weighted by molar-refractivity contribution is 0.649. The third-order valence-electron chi connectivity index (χ3n) is 1.37. The van der Waals surface area contributed by atoms with Gasteiger partial charge in [0.1, 0.15) is 5.83 Å². The molecule has 0 saturated carbocycles. The molecule has 0 aromatic carbocycles. The number of hydrogen-bond acceptors (Lipinski definition) is 0. The van der Waals surface area contributed by atoms with Crippen molar-refractivity contribution in [1.29, 1.82) is 0 Å². The van der Waals surface area contributed by atoms with Crippen molar-refractivity contribution in [1.82, 2.24) is 0 Å². The molecule has 0 aromatic rings. The van der Waals surface area contributed by atoms with Gasteiger partial charge in [-0.1, -0.05) is 32.1 Å². The molecule has 0 saturated heterocycles. The molecule has 0 radical (unpaired) electrons. The minimum Gasteiger partial charge on any atom is -0.207 e. The van der Waals surface area contributed by atoms with E-state index in [9.17, 15) is 4.39 Å². The smallest absolute Gasteiger partial charge is 0.125 e. The highest BCUT2D eigenvalue weighted by molar-refractivity contribution is 5.27. The molecule has 0 spiro atoms. The Kier molecular flexibility index (Phi) is 5.44. The fourth-order valence-corrected chi connectivity index (χ4v) is 0.884. The zero-order chi connectivity index (χ0) is 8.69. The lowest BCUT2D eigenvalue weighted by Crippen LogP contribution is -1.80. The molecule has 0 heterocycles. The first-order chi connectivity index (χ1) is 5.26. The van der Waals surface area contributed by atoms with E-state index in [-0.39, 0.29) is 5.83 Å². The summed E-state index contributed by atoms with van der Waals surface area (Å²) in [5, 5.41) is 0. The number of allylic oxidation sites excluding steroid dienone is 5. The van der Waals surface area contributed by atoms with Crippen LogP contribution in [-0.2, 0) is 0 Å². The quantitative estimate of drug-likeness (QED) is 0.541. The minimum atomic E-state index is -0.204. The van der Waals surface area contributed by atoms with Crippen LogP contribution in [0.4, 0.5) is 4.39 Å². The van der Waals surface area contributed by atoms with Crippen molar-refractivity contribution in [3.8, 4) is 0 Å². The Morgan fingerprint density at radius 1 is 1.55 bits per heavy atom. The first-order valence-electron chi connectivity index (χ1n) is 3.90. The van der Waals surface area contributed by atoms with E-state index in [1.807, 2.05) is 19.9 Å². The highest BCUT2D eigenvalue weighted by Gasteiger charge is 1.96. The van der Waals surface area contributed by atoms with Crippen LogP contribution in [0.2, 0.25) is 0 Å². The van der Waals surface area contributed by atoms with Crippen LogP contribution >= 0.6 is 0 Å². The summed E-state index contributed by atoms with van der Waals surface area (Å²) in [6, 6.07) is 0. The first-order valence-corrected chi connectivity index (χ1v) is 3.90. The maximum atomic E-state index is 12.9. The zero-order valence-corrected chi connectivity index (χ0v) is 7.23. The van der Waals surface area contributed by atoms with E-state index >= 15 is 0 Å². The van der Waals surface area contributed by atoms with Gasteiger partial charge in [0.15, 0.2) is 0 Å². The number of hydrogen-bond donors (Lipinski definition) is 0. The van der Waals surface area contributed by atoms with E-state index in [0.29, 0.717) is 0 Å². The van der Waals surface area contributed by atoms with Crippen LogP contribution in [0.5, 0.6) is 0 Å². The Bertz CT molecular complexity index is 175. The largest absolute Gasteiger partial charge is 0.207 e. The predicted octanol–water partition coefficient (Wildman–Crippen LogP) is 3.77. The molecule has 1 heteroatoms. The van der Waals surface area contributed by atoms with Crippen LogP contribution in [-0.4, -0.2) is 0 Å². The van der Waals surface area contributed by atoms with Gasteiger partial charge in [-0.05, 0) is 25.0 Å². The summed E-state index contributed by atoms with van der Waals surface area (Å²) in [7, 11) is 0. The summed E-state index contributed by atoms with van der Waals surface area (Å²) in [5.41, 5.74) is 0.741. The van der Waals surface area contributed by atoms with E-state index < -0.39 is 0 Å². The summed E-state index contributed by atoms with van der Waals surface area (Å²) >= 11 is 0. The molecule has 0 amide bonds. The average molecular weight is 154 g/mol. The molecule has 0 atom stereocenters. The second-order valence-corrected chi connectivity index (χ2v) is 2.33.